The lowest BCUT2D eigenvalue weighted by Gasteiger charge is -2.15. The maximum absolute atomic E-state index is 12.9. The Morgan fingerprint density at radius 3 is 2.53 bits per heavy atom. The zero-order chi connectivity index (χ0) is 11.4. The van der Waals surface area contributed by atoms with Crippen LogP contribution in [0.1, 0.15) is 5.56 Å². The van der Waals surface area contributed by atoms with E-state index in [2.05, 4.69) is 21.2 Å². The van der Waals surface area contributed by atoms with Gasteiger partial charge in [-0.2, -0.15) is 0 Å². The molecule has 0 aromatic heterocycles. The standard InChI is InChI=1S/C10H11BrF3N/c1-15-9(10(13)14)5-6-2-3-8(12)7(11)4-6/h2-4,9-10,15H,5H2,1H3. The normalized spacial score (nSPS) is 13.2. The Hall–Kier alpha value is -0.550. The second-order valence-corrected chi connectivity index (χ2v) is 4.04. The summed E-state index contributed by atoms with van der Waals surface area (Å²) in [6, 6.07) is 3.38. The van der Waals surface area contributed by atoms with Gasteiger partial charge in [0.25, 0.3) is 6.43 Å². The van der Waals surface area contributed by atoms with Gasteiger partial charge in [0.2, 0.25) is 0 Å². The number of halogens is 4. The molecule has 1 aromatic carbocycles. The minimum absolute atomic E-state index is 0.174. The summed E-state index contributed by atoms with van der Waals surface area (Å²) in [7, 11) is 1.48. The summed E-state index contributed by atoms with van der Waals surface area (Å²) in [5.41, 5.74) is 0.669. The predicted octanol–water partition coefficient (Wildman–Crippen LogP) is 2.98. The topological polar surface area (TPSA) is 12.0 Å². The van der Waals surface area contributed by atoms with Gasteiger partial charge in [-0.1, -0.05) is 6.07 Å². The van der Waals surface area contributed by atoms with Crippen molar-refractivity contribution in [3.8, 4) is 0 Å². The molecule has 5 heteroatoms. The van der Waals surface area contributed by atoms with Crippen LogP contribution in [0.15, 0.2) is 22.7 Å². The summed E-state index contributed by atoms with van der Waals surface area (Å²) in [6.07, 6.45) is -2.26. The van der Waals surface area contributed by atoms with E-state index in [1.165, 1.54) is 25.2 Å². The van der Waals surface area contributed by atoms with Crippen molar-refractivity contribution in [2.45, 2.75) is 18.9 Å². The van der Waals surface area contributed by atoms with Crippen LogP contribution in [-0.2, 0) is 6.42 Å². The first-order valence-corrected chi connectivity index (χ1v) is 5.23. The van der Waals surface area contributed by atoms with Crippen molar-refractivity contribution in [2.75, 3.05) is 7.05 Å². The lowest BCUT2D eigenvalue weighted by Crippen LogP contribution is -2.34. The molecule has 1 N–H and O–H groups in total. The molecule has 1 unspecified atom stereocenters. The van der Waals surface area contributed by atoms with E-state index in [4.69, 9.17) is 0 Å². The van der Waals surface area contributed by atoms with Crippen molar-refractivity contribution in [3.63, 3.8) is 0 Å². The fourth-order valence-electron chi connectivity index (χ4n) is 1.24. The summed E-state index contributed by atoms with van der Waals surface area (Å²) < 4.78 is 38.0. The van der Waals surface area contributed by atoms with Crippen LogP contribution < -0.4 is 5.32 Å². The number of nitrogens with one attached hydrogen (secondary N) is 1. The van der Waals surface area contributed by atoms with Crippen LogP contribution in [0.3, 0.4) is 0 Å². The minimum atomic E-state index is -2.43. The number of rotatable bonds is 4. The third-order valence-corrected chi connectivity index (χ3v) is 2.72. The van der Waals surface area contributed by atoms with Gasteiger partial charge in [0.05, 0.1) is 10.5 Å². The molecule has 15 heavy (non-hydrogen) atoms. The van der Waals surface area contributed by atoms with Crippen molar-refractivity contribution in [2.24, 2.45) is 0 Å². The van der Waals surface area contributed by atoms with Gasteiger partial charge in [-0.3, -0.25) is 0 Å². The lowest BCUT2D eigenvalue weighted by atomic mass is 10.1. The van der Waals surface area contributed by atoms with Crippen molar-refractivity contribution >= 4 is 15.9 Å². The summed E-state index contributed by atoms with van der Waals surface area (Å²) in [4.78, 5) is 0. The van der Waals surface area contributed by atoms with Gasteiger partial charge in [0.1, 0.15) is 5.82 Å². The summed E-state index contributed by atoms with van der Waals surface area (Å²) in [5, 5.41) is 2.52. The van der Waals surface area contributed by atoms with E-state index < -0.39 is 18.3 Å². The van der Waals surface area contributed by atoms with Crippen molar-refractivity contribution in [1.29, 1.82) is 0 Å². The first-order chi connectivity index (χ1) is 7.04. The number of likely N-dealkylation sites (N-methyl/N-ethyl adjacent to an activating group) is 1. The van der Waals surface area contributed by atoms with Crippen molar-refractivity contribution < 1.29 is 13.2 Å². The highest BCUT2D eigenvalue weighted by molar-refractivity contribution is 9.10. The smallest absolute Gasteiger partial charge is 0.254 e. The SMILES string of the molecule is CNC(Cc1ccc(F)c(Br)c1)C(F)F. The molecule has 0 spiro atoms. The zero-order valence-electron chi connectivity index (χ0n) is 8.11. The number of hydrogen-bond donors (Lipinski definition) is 1. The molecular formula is C10H11BrF3N. The van der Waals surface area contributed by atoms with Crippen LogP contribution in [0.25, 0.3) is 0 Å². The van der Waals surface area contributed by atoms with E-state index in [0.29, 0.717) is 10.0 Å². The fourth-order valence-corrected chi connectivity index (χ4v) is 1.66. The maximum Gasteiger partial charge on any atom is 0.254 e. The molecule has 0 aliphatic rings. The van der Waals surface area contributed by atoms with Crippen LogP contribution in [0, 0.1) is 5.82 Å². The molecule has 0 amide bonds. The van der Waals surface area contributed by atoms with Crippen molar-refractivity contribution in [3.05, 3.63) is 34.1 Å². The number of benzene rings is 1. The van der Waals surface area contributed by atoms with Gasteiger partial charge in [-0.05, 0) is 47.1 Å². The molecule has 1 nitrogen and oxygen atoms in total. The Morgan fingerprint density at radius 1 is 1.40 bits per heavy atom. The zero-order valence-corrected chi connectivity index (χ0v) is 9.69. The molecule has 1 atom stereocenters. The van der Waals surface area contributed by atoms with Crippen LogP contribution in [0.2, 0.25) is 0 Å². The Bertz CT molecular complexity index is 330. The second kappa shape index (κ2) is 5.51. The molecule has 0 radical (unpaired) electrons. The highest BCUT2D eigenvalue weighted by Gasteiger charge is 2.18. The van der Waals surface area contributed by atoms with E-state index in [-0.39, 0.29) is 6.42 Å². The van der Waals surface area contributed by atoms with Crippen molar-refractivity contribution in [1.82, 2.24) is 5.32 Å². The fraction of sp³-hybridized carbons (Fsp3) is 0.400. The number of hydrogen-bond acceptors (Lipinski definition) is 1. The van der Waals surface area contributed by atoms with Gasteiger partial charge in [0, 0.05) is 0 Å². The molecule has 0 fully saturated rings. The lowest BCUT2D eigenvalue weighted by molar-refractivity contribution is 0.102. The molecule has 1 rings (SSSR count). The monoisotopic (exact) mass is 281 g/mol. The molecule has 1 aromatic rings. The van der Waals surface area contributed by atoms with E-state index in [0.717, 1.165) is 0 Å². The first-order valence-electron chi connectivity index (χ1n) is 4.44. The summed E-state index contributed by atoms with van der Waals surface area (Å²) >= 11 is 3.01. The second-order valence-electron chi connectivity index (χ2n) is 3.18. The first kappa shape index (κ1) is 12.5. The average Bonchev–Trinajstić information content (AvgIpc) is 2.19. The molecule has 0 bridgehead atoms. The predicted molar refractivity (Wildman–Crippen MR) is 56.7 cm³/mol. The van der Waals surface area contributed by atoms with Crippen LogP contribution in [0.4, 0.5) is 13.2 Å². The maximum atomic E-state index is 12.9. The van der Waals surface area contributed by atoms with E-state index in [1.54, 1.807) is 0 Å². The Kier molecular flexibility index (Phi) is 4.60. The van der Waals surface area contributed by atoms with Gasteiger partial charge in [0.15, 0.2) is 0 Å². The largest absolute Gasteiger partial charge is 0.312 e. The van der Waals surface area contributed by atoms with Crippen LogP contribution in [-0.4, -0.2) is 19.5 Å². The quantitative estimate of drug-likeness (QED) is 0.895. The van der Waals surface area contributed by atoms with Crippen LogP contribution in [0.5, 0.6) is 0 Å². The molecule has 0 saturated carbocycles. The van der Waals surface area contributed by atoms with E-state index in [1.807, 2.05) is 0 Å². The van der Waals surface area contributed by atoms with E-state index in [9.17, 15) is 13.2 Å². The van der Waals surface area contributed by atoms with Gasteiger partial charge >= 0.3 is 0 Å². The summed E-state index contributed by atoms with van der Waals surface area (Å²) in [5.74, 6) is -0.392. The minimum Gasteiger partial charge on any atom is -0.312 e. The molecule has 84 valence electrons. The molecule has 0 heterocycles. The van der Waals surface area contributed by atoms with Crippen LogP contribution >= 0.6 is 15.9 Å². The highest BCUT2D eigenvalue weighted by Crippen LogP contribution is 2.18. The molecule has 0 aliphatic carbocycles. The average molecular weight is 282 g/mol. The Labute approximate surface area is 94.8 Å². The van der Waals surface area contributed by atoms with Gasteiger partial charge in [-0.25, -0.2) is 13.2 Å². The third-order valence-electron chi connectivity index (χ3n) is 2.11. The molecule has 0 aliphatic heterocycles. The van der Waals surface area contributed by atoms with Gasteiger partial charge < -0.3 is 5.32 Å². The number of alkyl halides is 2. The van der Waals surface area contributed by atoms with E-state index >= 15 is 0 Å². The molecule has 0 saturated heterocycles. The Morgan fingerprint density at radius 2 is 2.07 bits per heavy atom. The van der Waals surface area contributed by atoms with Gasteiger partial charge in [-0.15, -0.1) is 0 Å². The highest BCUT2D eigenvalue weighted by atomic mass is 79.9. The third kappa shape index (κ3) is 3.50. The molecular weight excluding hydrogens is 271 g/mol. The summed E-state index contributed by atoms with van der Waals surface area (Å²) in [6.45, 7) is 0. The Balaban J connectivity index is 2.75.